The Bertz CT molecular complexity index is 448. The topological polar surface area (TPSA) is 46.2 Å². The van der Waals surface area contributed by atoms with E-state index in [4.69, 9.17) is 27.9 Å². The van der Waals surface area contributed by atoms with Gasteiger partial charge in [0.1, 0.15) is 11.6 Å². The Morgan fingerprint density at radius 3 is 2.53 bits per heavy atom. The van der Waals surface area contributed by atoms with Crippen molar-refractivity contribution >= 4 is 34.8 Å². The largest absolute Gasteiger partial charge is 0.381 e. The molecule has 0 spiro atoms. The molecule has 1 aromatic heterocycles. The highest BCUT2D eigenvalue weighted by Gasteiger charge is 2.28. The minimum Gasteiger partial charge on any atom is -0.381 e. The third-order valence-corrected chi connectivity index (χ3v) is 3.87. The zero-order valence-electron chi connectivity index (χ0n) is 11.2. The lowest BCUT2D eigenvalue weighted by Gasteiger charge is -2.35. The second-order valence-corrected chi connectivity index (χ2v) is 5.79. The summed E-state index contributed by atoms with van der Waals surface area (Å²) in [6.45, 7) is 6.44. The summed E-state index contributed by atoms with van der Waals surface area (Å²) in [6, 6.07) is 1.72. The summed E-state index contributed by atoms with van der Waals surface area (Å²) < 4.78 is 5.39. The number of nitrogens with one attached hydrogen (secondary N) is 2. The molecule has 2 rings (SSSR count). The van der Waals surface area contributed by atoms with Gasteiger partial charge < -0.3 is 15.4 Å². The minimum atomic E-state index is -0.0355. The van der Waals surface area contributed by atoms with Gasteiger partial charge in [0, 0.05) is 25.3 Å². The molecule has 1 fully saturated rings. The van der Waals surface area contributed by atoms with Gasteiger partial charge in [0.15, 0.2) is 0 Å². The van der Waals surface area contributed by atoms with E-state index < -0.39 is 0 Å². The van der Waals surface area contributed by atoms with Crippen LogP contribution in [0.25, 0.3) is 0 Å². The second-order valence-electron chi connectivity index (χ2n) is 4.98. The van der Waals surface area contributed by atoms with Crippen LogP contribution in [0.15, 0.2) is 6.07 Å². The first-order valence-corrected chi connectivity index (χ1v) is 7.25. The van der Waals surface area contributed by atoms with E-state index in [0.717, 1.165) is 32.6 Å². The average molecular weight is 304 g/mol. The molecule has 19 heavy (non-hydrogen) atoms. The molecule has 0 radical (unpaired) electrons. The molecular weight excluding hydrogens is 285 g/mol. The van der Waals surface area contributed by atoms with Gasteiger partial charge in [-0.3, -0.25) is 0 Å². The Kier molecular flexibility index (Phi) is 4.76. The monoisotopic (exact) mass is 303 g/mol. The average Bonchev–Trinajstić information content (AvgIpc) is 2.36. The Balaban J connectivity index is 2.21. The molecule has 0 amide bonds. The summed E-state index contributed by atoms with van der Waals surface area (Å²) in [5.74, 6) is 1.33. The maximum atomic E-state index is 6.21. The molecule has 0 aliphatic carbocycles. The van der Waals surface area contributed by atoms with Gasteiger partial charge in [0.2, 0.25) is 0 Å². The number of rotatable bonds is 4. The van der Waals surface area contributed by atoms with E-state index in [1.165, 1.54) is 0 Å². The highest BCUT2D eigenvalue weighted by molar-refractivity contribution is 6.37. The van der Waals surface area contributed by atoms with Crippen molar-refractivity contribution in [2.45, 2.75) is 32.2 Å². The van der Waals surface area contributed by atoms with E-state index >= 15 is 0 Å². The van der Waals surface area contributed by atoms with Gasteiger partial charge in [-0.15, -0.1) is 0 Å². The van der Waals surface area contributed by atoms with Crippen molar-refractivity contribution in [3.8, 4) is 0 Å². The van der Waals surface area contributed by atoms with Gasteiger partial charge in [0.05, 0.1) is 10.0 Å². The highest BCUT2D eigenvalue weighted by atomic mass is 35.5. The van der Waals surface area contributed by atoms with E-state index in [1.807, 2.05) is 6.92 Å². The maximum Gasteiger partial charge on any atom is 0.147 e. The van der Waals surface area contributed by atoms with Gasteiger partial charge in [-0.2, -0.15) is 0 Å². The van der Waals surface area contributed by atoms with Gasteiger partial charge in [-0.25, -0.2) is 4.98 Å². The highest BCUT2D eigenvalue weighted by Crippen LogP contribution is 2.33. The Morgan fingerprint density at radius 1 is 1.26 bits per heavy atom. The molecule has 0 unspecified atom stereocenters. The number of ether oxygens (including phenoxy) is 1. The molecule has 106 valence electrons. The quantitative estimate of drug-likeness (QED) is 0.888. The molecule has 1 saturated heterocycles. The van der Waals surface area contributed by atoms with Crippen LogP contribution in [-0.4, -0.2) is 30.3 Å². The minimum absolute atomic E-state index is 0.0355. The first-order valence-electron chi connectivity index (χ1n) is 6.50. The molecule has 0 atom stereocenters. The fourth-order valence-electron chi connectivity index (χ4n) is 2.08. The molecule has 0 bridgehead atoms. The van der Waals surface area contributed by atoms with Crippen LogP contribution in [0.4, 0.5) is 11.6 Å². The summed E-state index contributed by atoms with van der Waals surface area (Å²) in [7, 11) is 0. The number of pyridine rings is 1. The molecular formula is C13H19Cl2N3O. The van der Waals surface area contributed by atoms with Gasteiger partial charge >= 0.3 is 0 Å². The van der Waals surface area contributed by atoms with Gasteiger partial charge in [-0.1, -0.05) is 23.2 Å². The van der Waals surface area contributed by atoms with Crippen LogP contribution in [0, 0.1) is 0 Å². The number of hydrogen-bond acceptors (Lipinski definition) is 4. The van der Waals surface area contributed by atoms with Crippen molar-refractivity contribution in [2.75, 3.05) is 30.4 Å². The van der Waals surface area contributed by atoms with Crippen molar-refractivity contribution in [1.82, 2.24) is 4.98 Å². The third-order valence-electron chi connectivity index (χ3n) is 3.29. The van der Waals surface area contributed by atoms with Crippen LogP contribution >= 0.6 is 23.2 Å². The predicted molar refractivity (Wildman–Crippen MR) is 80.5 cm³/mol. The lowest BCUT2D eigenvalue weighted by Crippen LogP contribution is -2.41. The first kappa shape index (κ1) is 14.7. The zero-order chi connectivity index (χ0) is 13.9. The fraction of sp³-hybridized carbons (Fsp3) is 0.615. The summed E-state index contributed by atoms with van der Waals surface area (Å²) in [4.78, 5) is 4.47. The molecule has 6 heteroatoms. The molecule has 1 aromatic rings. The van der Waals surface area contributed by atoms with Gasteiger partial charge in [-0.05, 0) is 32.8 Å². The second kappa shape index (κ2) is 6.16. The van der Waals surface area contributed by atoms with Gasteiger partial charge in [0.25, 0.3) is 0 Å². The fourth-order valence-corrected chi connectivity index (χ4v) is 2.55. The standard InChI is InChI=1S/C13H19Cl2N3O/c1-3-16-11-9(14)8-10(15)12(17-11)18-13(2)4-6-19-7-5-13/h8H,3-7H2,1-2H3,(H2,16,17,18). The van der Waals surface area contributed by atoms with Crippen molar-refractivity contribution in [3.63, 3.8) is 0 Å². The van der Waals surface area contributed by atoms with Crippen molar-refractivity contribution < 1.29 is 4.74 Å². The Morgan fingerprint density at radius 2 is 1.89 bits per heavy atom. The molecule has 4 nitrogen and oxygen atoms in total. The number of hydrogen-bond donors (Lipinski definition) is 2. The lowest BCUT2D eigenvalue weighted by molar-refractivity contribution is 0.0657. The van der Waals surface area contributed by atoms with E-state index in [1.54, 1.807) is 6.07 Å². The van der Waals surface area contributed by atoms with Crippen molar-refractivity contribution in [2.24, 2.45) is 0 Å². The van der Waals surface area contributed by atoms with Crippen LogP contribution < -0.4 is 10.6 Å². The lowest BCUT2D eigenvalue weighted by atomic mass is 9.92. The molecule has 0 aromatic carbocycles. The molecule has 2 N–H and O–H groups in total. The number of anilines is 2. The maximum absolute atomic E-state index is 6.21. The van der Waals surface area contributed by atoms with E-state index in [-0.39, 0.29) is 5.54 Å². The molecule has 2 heterocycles. The van der Waals surface area contributed by atoms with Crippen LogP contribution in [0.2, 0.25) is 10.0 Å². The molecule has 0 saturated carbocycles. The normalized spacial score (nSPS) is 18.1. The first-order chi connectivity index (χ1) is 9.04. The number of nitrogens with zero attached hydrogens (tertiary/aromatic N) is 1. The Labute approximate surface area is 123 Å². The van der Waals surface area contributed by atoms with Crippen molar-refractivity contribution in [3.05, 3.63) is 16.1 Å². The molecule has 1 aliphatic rings. The third kappa shape index (κ3) is 3.65. The molecule has 1 aliphatic heterocycles. The van der Waals surface area contributed by atoms with Crippen LogP contribution in [0.3, 0.4) is 0 Å². The number of halogens is 2. The zero-order valence-corrected chi connectivity index (χ0v) is 12.7. The van der Waals surface area contributed by atoms with Crippen LogP contribution in [-0.2, 0) is 4.74 Å². The van der Waals surface area contributed by atoms with Crippen molar-refractivity contribution in [1.29, 1.82) is 0 Å². The van der Waals surface area contributed by atoms with E-state index in [9.17, 15) is 0 Å². The summed E-state index contributed by atoms with van der Waals surface area (Å²) >= 11 is 12.3. The summed E-state index contributed by atoms with van der Waals surface area (Å²) in [6.07, 6.45) is 1.87. The summed E-state index contributed by atoms with van der Waals surface area (Å²) in [5.41, 5.74) is -0.0355. The van der Waals surface area contributed by atoms with Crippen LogP contribution in [0.5, 0.6) is 0 Å². The number of aromatic nitrogens is 1. The smallest absolute Gasteiger partial charge is 0.147 e. The van der Waals surface area contributed by atoms with Crippen LogP contribution in [0.1, 0.15) is 26.7 Å². The van der Waals surface area contributed by atoms with E-state index in [0.29, 0.717) is 21.7 Å². The Hall–Kier alpha value is -0.710. The van der Waals surface area contributed by atoms with E-state index in [2.05, 4.69) is 22.5 Å². The predicted octanol–water partition coefficient (Wildman–Crippen LogP) is 3.80. The summed E-state index contributed by atoms with van der Waals surface area (Å²) in [5, 5.41) is 7.63. The SMILES string of the molecule is CCNc1nc(NC2(C)CCOCC2)c(Cl)cc1Cl.